The van der Waals surface area contributed by atoms with E-state index in [4.69, 9.17) is 5.11 Å². The van der Waals surface area contributed by atoms with Gasteiger partial charge in [-0.1, -0.05) is 0 Å². The predicted octanol–water partition coefficient (Wildman–Crippen LogP) is 1.99. The Hall–Kier alpha value is -1.59. The molecule has 0 amide bonds. The molecule has 15 heavy (non-hydrogen) atoms. The van der Waals surface area contributed by atoms with Gasteiger partial charge in [0.15, 0.2) is 5.69 Å². The van der Waals surface area contributed by atoms with Gasteiger partial charge in [-0.15, -0.1) is 0 Å². The maximum absolute atomic E-state index is 12.4. The zero-order valence-corrected chi connectivity index (χ0v) is 7.65. The summed E-state index contributed by atoms with van der Waals surface area (Å²) in [6.45, 7) is 0. The topological polar surface area (TPSA) is 63.1 Å². The molecule has 0 bridgehead atoms. The number of carboxylic acids is 1. The van der Waals surface area contributed by atoms with E-state index in [1.807, 2.05) is 0 Å². The van der Waals surface area contributed by atoms with E-state index >= 15 is 0 Å². The summed E-state index contributed by atoms with van der Waals surface area (Å²) >= 11 is 0. The fourth-order valence-electron chi connectivity index (χ4n) is 1.23. The first-order valence-electron chi connectivity index (χ1n) is 4.48. The molecule has 2 rings (SSSR count). The molecule has 1 aromatic rings. The average Bonchev–Trinajstić information content (AvgIpc) is 3.00. The zero-order valence-electron chi connectivity index (χ0n) is 7.65. The van der Waals surface area contributed by atoms with Crippen LogP contribution in [0.25, 0.3) is 0 Å². The third-order valence-electron chi connectivity index (χ3n) is 2.15. The molecule has 0 radical (unpaired) electrons. The Labute approximate surface area is 84.0 Å². The molecule has 1 heterocycles. The van der Waals surface area contributed by atoms with Crippen molar-refractivity contribution in [2.75, 3.05) is 0 Å². The summed E-state index contributed by atoms with van der Waals surface area (Å²) in [4.78, 5) is 18.0. The number of hydrogen-bond acceptors (Lipinski definition) is 3. The molecule has 1 aliphatic rings. The van der Waals surface area contributed by atoms with Gasteiger partial charge in [-0.25, -0.2) is 23.5 Å². The number of nitrogens with zero attached hydrogens (tertiary/aromatic N) is 2. The number of carboxylic acid groups (broad SMARTS) is 1. The molecule has 0 atom stereocenters. The molecule has 1 aliphatic carbocycles. The molecule has 1 saturated carbocycles. The minimum absolute atomic E-state index is 0.0572. The lowest BCUT2D eigenvalue weighted by Crippen LogP contribution is -2.07. The van der Waals surface area contributed by atoms with Crippen LogP contribution in [-0.4, -0.2) is 21.0 Å². The van der Waals surface area contributed by atoms with Gasteiger partial charge >= 0.3 is 5.97 Å². The lowest BCUT2D eigenvalue weighted by Gasteiger charge is -2.03. The van der Waals surface area contributed by atoms with Crippen LogP contribution in [0.15, 0.2) is 6.07 Å². The van der Waals surface area contributed by atoms with Crippen LogP contribution in [0.4, 0.5) is 8.78 Å². The number of aromatic nitrogens is 2. The Bertz CT molecular complexity index is 385. The van der Waals surface area contributed by atoms with E-state index in [1.54, 1.807) is 0 Å². The van der Waals surface area contributed by atoms with Crippen molar-refractivity contribution in [1.29, 1.82) is 0 Å². The van der Waals surface area contributed by atoms with Gasteiger partial charge < -0.3 is 5.11 Å². The van der Waals surface area contributed by atoms with Crippen LogP contribution in [0.2, 0.25) is 0 Å². The predicted molar refractivity (Wildman–Crippen MR) is 45.9 cm³/mol. The van der Waals surface area contributed by atoms with Crippen LogP contribution in [0.3, 0.4) is 0 Å². The van der Waals surface area contributed by atoms with Gasteiger partial charge in [-0.3, -0.25) is 0 Å². The van der Waals surface area contributed by atoms with Crippen LogP contribution < -0.4 is 0 Å². The number of aromatic carboxylic acids is 1. The van der Waals surface area contributed by atoms with Gasteiger partial charge in [0, 0.05) is 5.92 Å². The molecule has 0 saturated heterocycles. The molecular formula is C9H8F2N2O2. The molecule has 1 fully saturated rings. The largest absolute Gasteiger partial charge is 0.477 e. The SMILES string of the molecule is O=C(O)c1cc(C(F)F)nc(C2CC2)n1. The molecule has 0 unspecified atom stereocenters. The minimum atomic E-state index is -2.76. The average molecular weight is 214 g/mol. The Morgan fingerprint density at radius 2 is 2.13 bits per heavy atom. The van der Waals surface area contributed by atoms with E-state index in [0.29, 0.717) is 0 Å². The lowest BCUT2D eigenvalue weighted by atomic mass is 10.3. The highest BCUT2D eigenvalue weighted by molar-refractivity contribution is 5.85. The van der Waals surface area contributed by atoms with Crippen LogP contribution in [0.5, 0.6) is 0 Å². The summed E-state index contributed by atoms with van der Waals surface area (Å²) in [6.07, 6.45) is -1.08. The van der Waals surface area contributed by atoms with E-state index in [1.165, 1.54) is 0 Å². The molecule has 1 N–H and O–H groups in total. The van der Waals surface area contributed by atoms with Crippen LogP contribution in [-0.2, 0) is 0 Å². The zero-order chi connectivity index (χ0) is 11.0. The molecule has 0 spiro atoms. The van der Waals surface area contributed by atoms with Crippen molar-refractivity contribution in [2.45, 2.75) is 25.2 Å². The lowest BCUT2D eigenvalue weighted by molar-refractivity contribution is 0.0689. The van der Waals surface area contributed by atoms with E-state index < -0.39 is 18.1 Å². The van der Waals surface area contributed by atoms with Gasteiger partial charge in [0.2, 0.25) is 0 Å². The van der Waals surface area contributed by atoms with Gasteiger partial charge in [0.05, 0.1) is 0 Å². The van der Waals surface area contributed by atoms with Crippen molar-refractivity contribution in [1.82, 2.24) is 9.97 Å². The highest BCUT2D eigenvalue weighted by Crippen LogP contribution is 2.38. The van der Waals surface area contributed by atoms with Crippen LogP contribution >= 0.6 is 0 Å². The van der Waals surface area contributed by atoms with Crippen molar-refractivity contribution in [3.63, 3.8) is 0 Å². The van der Waals surface area contributed by atoms with Crippen LogP contribution in [0, 0.1) is 0 Å². The van der Waals surface area contributed by atoms with E-state index in [2.05, 4.69) is 9.97 Å². The Morgan fingerprint density at radius 3 is 2.60 bits per heavy atom. The second-order valence-electron chi connectivity index (χ2n) is 3.42. The molecule has 0 aromatic carbocycles. The molecular weight excluding hydrogens is 206 g/mol. The Kier molecular flexibility index (Phi) is 2.34. The van der Waals surface area contributed by atoms with Gasteiger partial charge in [-0.2, -0.15) is 0 Å². The number of hydrogen-bond donors (Lipinski definition) is 1. The van der Waals surface area contributed by atoms with Crippen molar-refractivity contribution in [3.8, 4) is 0 Å². The molecule has 4 nitrogen and oxygen atoms in total. The van der Waals surface area contributed by atoms with Gasteiger partial charge in [0.1, 0.15) is 11.5 Å². The molecule has 80 valence electrons. The maximum Gasteiger partial charge on any atom is 0.354 e. The van der Waals surface area contributed by atoms with Crippen molar-refractivity contribution < 1.29 is 18.7 Å². The summed E-state index contributed by atoms with van der Waals surface area (Å²) in [7, 11) is 0. The fourth-order valence-corrected chi connectivity index (χ4v) is 1.23. The summed E-state index contributed by atoms with van der Waals surface area (Å²) in [5.74, 6) is -1.02. The first-order chi connectivity index (χ1) is 7.08. The number of carbonyl (C=O) groups is 1. The van der Waals surface area contributed by atoms with Crippen molar-refractivity contribution in [3.05, 3.63) is 23.3 Å². The normalized spacial score (nSPS) is 15.7. The standard InChI is InChI=1S/C9H8F2N2O2/c10-7(11)5-3-6(9(14)15)13-8(12-5)4-1-2-4/h3-4,7H,1-2H2,(H,14,15). The monoisotopic (exact) mass is 214 g/mol. The highest BCUT2D eigenvalue weighted by atomic mass is 19.3. The fraction of sp³-hybridized carbons (Fsp3) is 0.444. The smallest absolute Gasteiger partial charge is 0.354 e. The summed E-state index contributed by atoms with van der Waals surface area (Å²) < 4.78 is 24.8. The summed E-state index contributed by atoms with van der Waals surface area (Å²) in [5, 5.41) is 8.68. The maximum atomic E-state index is 12.4. The first kappa shape index (κ1) is 9.95. The van der Waals surface area contributed by atoms with Gasteiger partial charge in [0.25, 0.3) is 6.43 Å². The highest BCUT2D eigenvalue weighted by Gasteiger charge is 2.29. The molecule has 0 aliphatic heterocycles. The summed E-state index contributed by atoms with van der Waals surface area (Å²) in [5.41, 5.74) is -0.869. The molecule has 6 heteroatoms. The second kappa shape index (κ2) is 3.52. The number of alkyl halides is 2. The third-order valence-corrected chi connectivity index (χ3v) is 2.15. The van der Waals surface area contributed by atoms with Crippen molar-refractivity contribution in [2.24, 2.45) is 0 Å². The quantitative estimate of drug-likeness (QED) is 0.835. The second-order valence-corrected chi connectivity index (χ2v) is 3.42. The minimum Gasteiger partial charge on any atom is -0.477 e. The Balaban J connectivity index is 2.43. The number of rotatable bonds is 3. The van der Waals surface area contributed by atoms with Crippen molar-refractivity contribution >= 4 is 5.97 Å². The van der Waals surface area contributed by atoms with E-state index in [-0.39, 0.29) is 17.4 Å². The third kappa shape index (κ3) is 2.08. The first-order valence-corrected chi connectivity index (χ1v) is 4.48. The Morgan fingerprint density at radius 1 is 1.47 bits per heavy atom. The number of halogens is 2. The van der Waals surface area contributed by atoms with E-state index in [0.717, 1.165) is 18.9 Å². The molecule has 1 aromatic heterocycles. The van der Waals surface area contributed by atoms with E-state index in [9.17, 15) is 13.6 Å². The van der Waals surface area contributed by atoms with Crippen LogP contribution in [0.1, 0.15) is 47.2 Å². The van der Waals surface area contributed by atoms with Gasteiger partial charge in [-0.05, 0) is 18.9 Å². The summed E-state index contributed by atoms with van der Waals surface area (Å²) in [6, 6.07) is 0.818.